The van der Waals surface area contributed by atoms with Crippen LogP contribution in [0.25, 0.3) is 0 Å². The van der Waals surface area contributed by atoms with Gasteiger partial charge in [-0.25, -0.2) is 0 Å². The second-order valence-electron chi connectivity index (χ2n) is 2.13. The van der Waals surface area contributed by atoms with E-state index in [9.17, 15) is 0 Å². The van der Waals surface area contributed by atoms with Crippen molar-refractivity contribution in [2.45, 2.75) is 6.42 Å². The van der Waals surface area contributed by atoms with Gasteiger partial charge < -0.3 is 4.90 Å². The molecule has 1 rings (SSSR count). The van der Waals surface area contributed by atoms with E-state index in [-0.39, 0.29) is 0 Å². The third-order valence-corrected chi connectivity index (χ3v) is 2.63. The summed E-state index contributed by atoms with van der Waals surface area (Å²) in [5.41, 5.74) is 0. The molecule has 0 atom stereocenters. The predicted molar refractivity (Wildman–Crippen MR) is 43.1 cm³/mol. The predicted octanol–water partition coefficient (Wildman–Crippen LogP) is 1.04. The third kappa shape index (κ3) is 1.61. The summed E-state index contributed by atoms with van der Waals surface area (Å²) in [4.78, 5) is 6.34. The number of aliphatic imine (C=N–C) groups is 1. The number of thioether (sulfide) groups is 1. The first-order valence-corrected chi connectivity index (χ1v) is 4.14. The van der Waals surface area contributed by atoms with Crippen molar-refractivity contribution in [3.05, 3.63) is 0 Å². The van der Waals surface area contributed by atoms with Crippen LogP contribution in [0.4, 0.5) is 0 Å². The highest BCUT2D eigenvalue weighted by atomic mass is 32.2. The van der Waals surface area contributed by atoms with Gasteiger partial charge in [0.25, 0.3) is 0 Å². The molecule has 0 radical (unpaired) electrons. The molecule has 0 saturated carbocycles. The molecule has 0 unspecified atom stereocenters. The SMILES string of the molecule is C/N=C1\SCCCN1C. The molecule has 0 amide bonds. The van der Waals surface area contributed by atoms with Crippen molar-refractivity contribution >= 4 is 16.9 Å². The Kier molecular flexibility index (Phi) is 2.39. The van der Waals surface area contributed by atoms with E-state index in [1.54, 1.807) is 0 Å². The van der Waals surface area contributed by atoms with E-state index in [2.05, 4.69) is 16.9 Å². The molecular weight excluding hydrogens is 132 g/mol. The molecular formula is C6H12N2S. The lowest BCUT2D eigenvalue weighted by atomic mass is 10.4. The third-order valence-electron chi connectivity index (χ3n) is 1.39. The van der Waals surface area contributed by atoms with Gasteiger partial charge in [-0.2, -0.15) is 0 Å². The summed E-state index contributed by atoms with van der Waals surface area (Å²) < 4.78 is 0. The number of hydrogen-bond acceptors (Lipinski definition) is 2. The highest BCUT2D eigenvalue weighted by Crippen LogP contribution is 2.14. The van der Waals surface area contributed by atoms with Crippen molar-refractivity contribution in [3.63, 3.8) is 0 Å². The fourth-order valence-corrected chi connectivity index (χ4v) is 1.80. The Balaban J connectivity index is 2.49. The topological polar surface area (TPSA) is 15.6 Å². The molecule has 0 aromatic carbocycles. The lowest BCUT2D eigenvalue weighted by Gasteiger charge is -2.24. The average Bonchev–Trinajstić information content (AvgIpc) is 1.89. The molecule has 1 saturated heterocycles. The molecule has 1 fully saturated rings. The Morgan fingerprint density at radius 2 is 2.44 bits per heavy atom. The van der Waals surface area contributed by atoms with E-state index in [1.807, 2.05) is 18.8 Å². The highest BCUT2D eigenvalue weighted by Gasteiger charge is 2.10. The zero-order valence-corrected chi connectivity index (χ0v) is 6.74. The normalized spacial score (nSPS) is 25.1. The molecule has 3 heteroatoms. The molecule has 9 heavy (non-hydrogen) atoms. The lowest BCUT2D eigenvalue weighted by molar-refractivity contribution is 0.505. The van der Waals surface area contributed by atoms with Crippen LogP contribution >= 0.6 is 11.8 Å². The van der Waals surface area contributed by atoms with E-state index in [0.717, 1.165) is 0 Å². The van der Waals surface area contributed by atoms with Gasteiger partial charge >= 0.3 is 0 Å². The molecule has 0 spiro atoms. The maximum atomic E-state index is 4.13. The lowest BCUT2D eigenvalue weighted by Crippen LogP contribution is -2.29. The fourth-order valence-electron chi connectivity index (χ4n) is 0.906. The summed E-state index contributed by atoms with van der Waals surface area (Å²) in [5, 5.41) is 1.18. The molecule has 0 aliphatic carbocycles. The zero-order valence-electron chi connectivity index (χ0n) is 5.92. The fraction of sp³-hybridized carbons (Fsp3) is 0.833. The minimum Gasteiger partial charge on any atom is -0.355 e. The summed E-state index contributed by atoms with van der Waals surface area (Å²) in [6.45, 7) is 1.17. The van der Waals surface area contributed by atoms with Crippen LogP contribution in [0, 0.1) is 0 Å². The standard InChI is InChI=1S/C6H12N2S/c1-7-6-8(2)4-3-5-9-6/h3-5H2,1-2H3/b7-6-. The first kappa shape index (κ1) is 6.93. The molecule has 0 N–H and O–H groups in total. The first-order valence-electron chi connectivity index (χ1n) is 3.15. The second-order valence-corrected chi connectivity index (χ2v) is 3.19. The van der Waals surface area contributed by atoms with Crippen LogP contribution in [-0.4, -0.2) is 36.5 Å². The van der Waals surface area contributed by atoms with Gasteiger partial charge in [0.15, 0.2) is 5.17 Å². The largest absolute Gasteiger partial charge is 0.355 e. The Morgan fingerprint density at radius 1 is 1.67 bits per heavy atom. The molecule has 1 heterocycles. The first-order chi connectivity index (χ1) is 4.34. The second kappa shape index (κ2) is 3.11. The van der Waals surface area contributed by atoms with Crippen LogP contribution in [0.3, 0.4) is 0 Å². The summed E-state index contributed by atoms with van der Waals surface area (Å²) in [6.07, 6.45) is 1.29. The van der Waals surface area contributed by atoms with E-state index in [0.29, 0.717) is 0 Å². The number of nitrogens with zero attached hydrogens (tertiary/aromatic N) is 2. The Hall–Kier alpha value is -0.180. The maximum Gasteiger partial charge on any atom is 0.158 e. The average molecular weight is 144 g/mol. The van der Waals surface area contributed by atoms with Gasteiger partial charge in [0, 0.05) is 26.4 Å². The molecule has 0 bridgehead atoms. The van der Waals surface area contributed by atoms with E-state index in [1.165, 1.54) is 23.9 Å². The van der Waals surface area contributed by atoms with Crippen LogP contribution < -0.4 is 0 Å². The molecule has 0 aromatic rings. The van der Waals surface area contributed by atoms with E-state index in [4.69, 9.17) is 0 Å². The van der Waals surface area contributed by atoms with Gasteiger partial charge in [0.05, 0.1) is 0 Å². The summed E-state index contributed by atoms with van der Waals surface area (Å²) in [5.74, 6) is 1.23. The van der Waals surface area contributed by atoms with Gasteiger partial charge in [-0.1, -0.05) is 11.8 Å². The van der Waals surface area contributed by atoms with Crippen molar-refractivity contribution in [1.29, 1.82) is 0 Å². The Bertz CT molecular complexity index is 122. The molecule has 2 nitrogen and oxygen atoms in total. The minimum absolute atomic E-state index is 1.17. The van der Waals surface area contributed by atoms with Crippen LogP contribution in [0.1, 0.15) is 6.42 Å². The van der Waals surface area contributed by atoms with E-state index < -0.39 is 0 Å². The van der Waals surface area contributed by atoms with Crippen molar-refractivity contribution in [1.82, 2.24) is 4.90 Å². The summed E-state index contributed by atoms with van der Waals surface area (Å²) >= 11 is 1.85. The van der Waals surface area contributed by atoms with Crippen LogP contribution in [0.15, 0.2) is 4.99 Å². The quantitative estimate of drug-likeness (QED) is 0.505. The van der Waals surface area contributed by atoms with Crippen molar-refractivity contribution in [3.8, 4) is 0 Å². The van der Waals surface area contributed by atoms with Gasteiger partial charge in [-0.3, -0.25) is 4.99 Å². The maximum absolute atomic E-state index is 4.13. The molecule has 1 aliphatic heterocycles. The van der Waals surface area contributed by atoms with Gasteiger partial charge in [-0.15, -0.1) is 0 Å². The monoisotopic (exact) mass is 144 g/mol. The highest BCUT2D eigenvalue weighted by molar-refractivity contribution is 8.13. The van der Waals surface area contributed by atoms with Gasteiger partial charge in [0.1, 0.15) is 0 Å². The van der Waals surface area contributed by atoms with Crippen LogP contribution in [0.2, 0.25) is 0 Å². The minimum atomic E-state index is 1.17. The van der Waals surface area contributed by atoms with Crippen molar-refractivity contribution < 1.29 is 0 Å². The van der Waals surface area contributed by atoms with Crippen molar-refractivity contribution in [2.75, 3.05) is 26.4 Å². The number of amidine groups is 1. The zero-order chi connectivity index (χ0) is 6.69. The van der Waals surface area contributed by atoms with Crippen LogP contribution in [0.5, 0.6) is 0 Å². The van der Waals surface area contributed by atoms with Gasteiger partial charge in [0.2, 0.25) is 0 Å². The molecule has 52 valence electrons. The molecule has 1 aliphatic rings. The molecule has 0 aromatic heterocycles. The Labute approximate surface area is 60.3 Å². The number of rotatable bonds is 0. The summed E-state index contributed by atoms with van der Waals surface area (Å²) in [6, 6.07) is 0. The van der Waals surface area contributed by atoms with E-state index >= 15 is 0 Å². The van der Waals surface area contributed by atoms with Crippen LogP contribution in [-0.2, 0) is 0 Å². The Morgan fingerprint density at radius 3 is 2.89 bits per heavy atom. The smallest absolute Gasteiger partial charge is 0.158 e. The number of hydrogen-bond donors (Lipinski definition) is 0. The van der Waals surface area contributed by atoms with Gasteiger partial charge in [-0.05, 0) is 6.42 Å². The van der Waals surface area contributed by atoms with Crippen molar-refractivity contribution in [2.24, 2.45) is 4.99 Å². The summed E-state index contributed by atoms with van der Waals surface area (Å²) in [7, 11) is 3.94.